The smallest absolute Gasteiger partial charge is 0.262 e. The van der Waals surface area contributed by atoms with Gasteiger partial charge in [0.2, 0.25) is 0 Å². The average Bonchev–Trinajstić information content (AvgIpc) is 2.68. The Bertz CT molecular complexity index is 793. The fourth-order valence-electron chi connectivity index (χ4n) is 3.13. The van der Waals surface area contributed by atoms with Crippen LogP contribution in [0.5, 0.6) is 5.75 Å². The van der Waals surface area contributed by atoms with E-state index >= 15 is 0 Å². The quantitative estimate of drug-likeness (QED) is 0.873. The molecular formula is C22H26N2O3. The van der Waals surface area contributed by atoms with Crippen LogP contribution in [0, 0.1) is 12.8 Å². The topological polar surface area (TPSA) is 58.6 Å². The molecule has 142 valence electrons. The number of carbonyl (C=O) groups is 2. The van der Waals surface area contributed by atoms with Gasteiger partial charge in [-0.15, -0.1) is 0 Å². The van der Waals surface area contributed by atoms with Crippen LogP contribution in [0.15, 0.2) is 48.5 Å². The van der Waals surface area contributed by atoms with E-state index in [1.54, 1.807) is 12.1 Å². The first-order valence-corrected chi connectivity index (χ1v) is 9.40. The van der Waals surface area contributed by atoms with Gasteiger partial charge in [0.05, 0.1) is 11.3 Å². The second-order valence-corrected chi connectivity index (χ2v) is 7.17. The highest BCUT2D eigenvalue weighted by Crippen LogP contribution is 2.22. The number of aryl methyl sites for hydroxylation is 1. The van der Waals surface area contributed by atoms with Gasteiger partial charge in [0.1, 0.15) is 5.75 Å². The number of rotatable bonds is 5. The van der Waals surface area contributed by atoms with Gasteiger partial charge in [0.15, 0.2) is 6.61 Å². The van der Waals surface area contributed by atoms with Gasteiger partial charge in [-0.2, -0.15) is 0 Å². The fourth-order valence-corrected chi connectivity index (χ4v) is 3.13. The summed E-state index contributed by atoms with van der Waals surface area (Å²) in [6.45, 7) is 5.63. The van der Waals surface area contributed by atoms with Gasteiger partial charge >= 0.3 is 0 Å². The van der Waals surface area contributed by atoms with Crippen molar-refractivity contribution in [3.05, 3.63) is 59.7 Å². The number of hydrogen-bond acceptors (Lipinski definition) is 3. The molecule has 0 radical (unpaired) electrons. The maximum absolute atomic E-state index is 12.9. The first-order valence-electron chi connectivity index (χ1n) is 9.40. The van der Waals surface area contributed by atoms with Crippen molar-refractivity contribution in [3.8, 4) is 5.75 Å². The monoisotopic (exact) mass is 366 g/mol. The Morgan fingerprint density at radius 3 is 2.44 bits per heavy atom. The van der Waals surface area contributed by atoms with Crippen molar-refractivity contribution in [2.24, 2.45) is 5.92 Å². The number of amides is 2. The Morgan fingerprint density at radius 2 is 1.74 bits per heavy atom. The molecule has 1 saturated heterocycles. The van der Waals surface area contributed by atoms with Gasteiger partial charge in [-0.3, -0.25) is 9.59 Å². The summed E-state index contributed by atoms with van der Waals surface area (Å²) in [6, 6.07) is 14.7. The van der Waals surface area contributed by atoms with Crippen molar-refractivity contribution in [1.82, 2.24) is 4.90 Å². The number of likely N-dealkylation sites (tertiary alicyclic amines) is 1. The molecule has 1 fully saturated rings. The van der Waals surface area contributed by atoms with Crippen LogP contribution in [-0.2, 0) is 4.79 Å². The number of para-hydroxylation sites is 1. The third-order valence-electron chi connectivity index (χ3n) is 4.89. The first kappa shape index (κ1) is 19.0. The van der Waals surface area contributed by atoms with Crippen LogP contribution in [0.1, 0.15) is 35.7 Å². The van der Waals surface area contributed by atoms with Crippen LogP contribution in [-0.4, -0.2) is 36.4 Å². The van der Waals surface area contributed by atoms with E-state index in [1.165, 1.54) is 0 Å². The standard InChI is InChI=1S/C22H26N2O3/c1-16-7-9-18(10-8-16)27-15-21(25)23-20-6-4-3-5-19(20)22(26)24-13-11-17(2)12-14-24/h3-10,17H,11-15H2,1-2H3,(H,23,25). The number of hydrogen-bond donors (Lipinski definition) is 1. The highest BCUT2D eigenvalue weighted by Gasteiger charge is 2.23. The first-order chi connectivity index (χ1) is 13.0. The summed E-state index contributed by atoms with van der Waals surface area (Å²) < 4.78 is 5.52. The molecular weight excluding hydrogens is 340 g/mol. The van der Waals surface area contributed by atoms with Crippen molar-refractivity contribution >= 4 is 17.5 Å². The molecule has 0 atom stereocenters. The molecule has 27 heavy (non-hydrogen) atoms. The van der Waals surface area contributed by atoms with Gasteiger partial charge in [0.25, 0.3) is 11.8 Å². The molecule has 1 aliphatic heterocycles. The minimum atomic E-state index is -0.289. The summed E-state index contributed by atoms with van der Waals surface area (Å²) in [4.78, 5) is 27.0. The lowest BCUT2D eigenvalue weighted by molar-refractivity contribution is -0.118. The Hall–Kier alpha value is -2.82. The SMILES string of the molecule is Cc1ccc(OCC(=O)Nc2ccccc2C(=O)N2CCC(C)CC2)cc1. The average molecular weight is 366 g/mol. The number of anilines is 1. The second kappa shape index (κ2) is 8.71. The predicted molar refractivity (Wildman–Crippen MR) is 106 cm³/mol. The summed E-state index contributed by atoms with van der Waals surface area (Å²) in [5.74, 6) is 0.978. The summed E-state index contributed by atoms with van der Waals surface area (Å²) in [7, 11) is 0. The molecule has 2 aromatic rings. The molecule has 1 aliphatic rings. The number of carbonyl (C=O) groups excluding carboxylic acids is 2. The molecule has 2 aromatic carbocycles. The zero-order chi connectivity index (χ0) is 19.2. The van der Waals surface area contributed by atoms with E-state index in [9.17, 15) is 9.59 Å². The maximum Gasteiger partial charge on any atom is 0.262 e. The van der Waals surface area contributed by atoms with Crippen LogP contribution in [0.3, 0.4) is 0 Å². The Kier molecular flexibility index (Phi) is 6.12. The Balaban J connectivity index is 1.62. The van der Waals surface area contributed by atoms with Crippen LogP contribution in [0.4, 0.5) is 5.69 Å². The fraction of sp³-hybridized carbons (Fsp3) is 0.364. The minimum Gasteiger partial charge on any atom is -0.484 e. The molecule has 0 aliphatic carbocycles. The zero-order valence-corrected chi connectivity index (χ0v) is 15.9. The van der Waals surface area contributed by atoms with E-state index in [2.05, 4.69) is 12.2 Å². The normalized spacial score (nSPS) is 14.7. The molecule has 2 amide bonds. The van der Waals surface area contributed by atoms with Crippen LogP contribution in [0.25, 0.3) is 0 Å². The lowest BCUT2D eigenvalue weighted by atomic mass is 9.98. The third kappa shape index (κ3) is 5.09. The minimum absolute atomic E-state index is 0.0303. The van der Waals surface area contributed by atoms with Crippen molar-refractivity contribution in [2.75, 3.05) is 25.0 Å². The van der Waals surface area contributed by atoms with Gasteiger partial charge in [-0.1, -0.05) is 36.8 Å². The lowest BCUT2D eigenvalue weighted by Crippen LogP contribution is -2.38. The Labute approximate surface area is 160 Å². The van der Waals surface area contributed by atoms with Crippen LogP contribution < -0.4 is 10.1 Å². The van der Waals surface area contributed by atoms with Gasteiger partial charge in [0, 0.05) is 13.1 Å². The largest absolute Gasteiger partial charge is 0.484 e. The number of benzene rings is 2. The molecule has 5 heteroatoms. The molecule has 0 bridgehead atoms. The number of nitrogens with one attached hydrogen (secondary N) is 1. The summed E-state index contributed by atoms with van der Waals surface area (Å²) in [5.41, 5.74) is 2.18. The van der Waals surface area contributed by atoms with Crippen molar-refractivity contribution in [1.29, 1.82) is 0 Å². The van der Waals surface area contributed by atoms with E-state index in [0.717, 1.165) is 31.5 Å². The zero-order valence-electron chi connectivity index (χ0n) is 15.9. The molecule has 1 N–H and O–H groups in total. The predicted octanol–water partition coefficient (Wildman–Crippen LogP) is 3.88. The second-order valence-electron chi connectivity index (χ2n) is 7.17. The molecule has 1 heterocycles. The van der Waals surface area contributed by atoms with Gasteiger partial charge in [-0.25, -0.2) is 0 Å². The number of nitrogens with zero attached hydrogens (tertiary/aromatic N) is 1. The third-order valence-corrected chi connectivity index (χ3v) is 4.89. The highest BCUT2D eigenvalue weighted by atomic mass is 16.5. The summed E-state index contributed by atoms with van der Waals surface area (Å²) in [6.07, 6.45) is 2.04. The Morgan fingerprint density at radius 1 is 1.07 bits per heavy atom. The summed E-state index contributed by atoms with van der Waals surface area (Å²) >= 11 is 0. The molecule has 5 nitrogen and oxygen atoms in total. The van der Waals surface area contributed by atoms with Crippen LogP contribution >= 0.6 is 0 Å². The molecule has 3 rings (SSSR count). The molecule has 0 spiro atoms. The molecule has 0 aromatic heterocycles. The summed E-state index contributed by atoms with van der Waals surface area (Å²) in [5, 5.41) is 2.81. The maximum atomic E-state index is 12.9. The van der Waals surface area contributed by atoms with E-state index in [4.69, 9.17) is 4.74 Å². The molecule has 0 saturated carbocycles. The molecule has 0 unspecified atom stereocenters. The van der Waals surface area contributed by atoms with Gasteiger partial charge in [-0.05, 0) is 49.9 Å². The van der Waals surface area contributed by atoms with Crippen molar-refractivity contribution in [3.63, 3.8) is 0 Å². The van der Waals surface area contributed by atoms with E-state index in [1.807, 2.05) is 48.2 Å². The number of piperidine rings is 1. The van der Waals surface area contributed by atoms with E-state index in [-0.39, 0.29) is 18.4 Å². The van der Waals surface area contributed by atoms with Gasteiger partial charge < -0.3 is 15.0 Å². The van der Waals surface area contributed by atoms with Crippen LogP contribution in [0.2, 0.25) is 0 Å². The van der Waals surface area contributed by atoms with Crippen molar-refractivity contribution < 1.29 is 14.3 Å². The van der Waals surface area contributed by atoms with Crippen molar-refractivity contribution in [2.45, 2.75) is 26.7 Å². The number of ether oxygens (including phenoxy) is 1. The lowest BCUT2D eigenvalue weighted by Gasteiger charge is -2.30. The van der Waals surface area contributed by atoms with E-state index < -0.39 is 0 Å². The highest BCUT2D eigenvalue weighted by molar-refractivity contribution is 6.04. The van der Waals surface area contributed by atoms with E-state index in [0.29, 0.717) is 22.9 Å².